The summed E-state index contributed by atoms with van der Waals surface area (Å²) in [5, 5.41) is 0. The summed E-state index contributed by atoms with van der Waals surface area (Å²) in [5.74, 6) is -2.16. The van der Waals surface area contributed by atoms with Crippen LogP contribution in [-0.2, 0) is 12.0 Å². The van der Waals surface area contributed by atoms with E-state index in [1.807, 2.05) is 6.92 Å². The first-order valence-electron chi connectivity index (χ1n) is 6.43. The van der Waals surface area contributed by atoms with Gasteiger partial charge in [-0.3, -0.25) is 0 Å². The highest BCUT2D eigenvalue weighted by atomic mass is 19.2. The van der Waals surface area contributed by atoms with Crippen molar-refractivity contribution < 1.29 is 13.2 Å². The molecule has 1 atom stereocenters. The van der Waals surface area contributed by atoms with Gasteiger partial charge < -0.3 is 5.73 Å². The first-order chi connectivity index (χ1) is 9.44. The summed E-state index contributed by atoms with van der Waals surface area (Å²) in [6, 6.07) is 9.76. The van der Waals surface area contributed by atoms with Crippen molar-refractivity contribution in [3.8, 4) is 0 Å². The van der Waals surface area contributed by atoms with Crippen molar-refractivity contribution >= 4 is 0 Å². The standard InChI is InChI=1S/C16H16F3N/c1-2-16(20,12-4-3-5-13(17)9-12)10-11-6-7-14(18)15(19)8-11/h3-9H,2,10,20H2,1H3. The molecule has 1 unspecified atom stereocenters. The van der Waals surface area contributed by atoms with Crippen LogP contribution in [0.1, 0.15) is 24.5 Å². The van der Waals surface area contributed by atoms with E-state index in [9.17, 15) is 13.2 Å². The minimum Gasteiger partial charge on any atom is -0.321 e. The number of rotatable bonds is 4. The van der Waals surface area contributed by atoms with Crippen LogP contribution < -0.4 is 5.73 Å². The third-order valence-electron chi connectivity index (χ3n) is 3.53. The Balaban J connectivity index is 2.33. The first-order valence-corrected chi connectivity index (χ1v) is 6.43. The molecule has 106 valence electrons. The Morgan fingerprint density at radius 2 is 1.75 bits per heavy atom. The largest absolute Gasteiger partial charge is 0.321 e. The molecule has 0 fully saturated rings. The number of benzene rings is 2. The fourth-order valence-electron chi connectivity index (χ4n) is 2.24. The van der Waals surface area contributed by atoms with Gasteiger partial charge in [-0.15, -0.1) is 0 Å². The van der Waals surface area contributed by atoms with E-state index in [1.165, 1.54) is 18.2 Å². The molecular formula is C16H16F3N. The minimum atomic E-state index is -0.903. The second-order valence-electron chi connectivity index (χ2n) is 4.95. The monoisotopic (exact) mass is 279 g/mol. The van der Waals surface area contributed by atoms with E-state index in [0.29, 0.717) is 24.0 Å². The van der Waals surface area contributed by atoms with E-state index in [0.717, 1.165) is 12.1 Å². The molecular weight excluding hydrogens is 263 g/mol. The van der Waals surface area contributed by atoms with E-state index >= 15 is 0 Å². The fraction of sp³-hybridized carbons (Fsp3) is 0.250. The predicted molar refractivity (Wildman–Crippen MR) is 72.6 cm³/mol. The zero-order valence-corrected chi connectivity index (χ0v) is 11.2. The summed E-state index contributed by atoms with van der Waals surface area (Å²) < 4.78 is 39.5. The molecule has 0 aromatic heterocycles. The third-order valence-corrected chi connectivity index (χ3v) is 3.53. The summed E-state index contributed by atoms with van der Waals surface area (Å²) in [6.07, 6.45) is 0.861. The molecule has 0 spiro atoms. The molecule has 0 saturated heterocycles. The summed E-state index contributed by atoms with van der Waals surface area (Å²) in [6.45, 7) is 1.88. The van der Waals surface area contributed by atoms with Crippen LogP contribution in [-0.4, -0.2) is 0 Å². The molecule has 0 saturated carbocycles. The average Bonchev–Trinajstić information content (AvgIpc) is 2.43. The van der Waals surface area contributed by atoms with Gasteiger partial charge in [0.25, 0.3) is 0 Å². The third kappa shape index (κ3) is 3.02. The van der Waals surface area contributed by atoms with Gasteiger partial charge in [0.05, 0.1) is 0 Å². The molecule has 2 N–H and O–H groups in total. The van der Waals surface area contributed by atoms with E-state index in [4.69, 9.17) is 5.73 Å². The Hall–Kier alpha value is -1.81. The predicted octanol–water partition coefficient (Wildman–Crippen LogP) is 3.91. The quantitative estimate of drug-likeness (QED) is 0.902. The van der Waals surface area contributed by atoms with Crippen LogP contribution in [0.25, 0.3) is 0 Å². The van der Waals surface area contributed by atoms with E-state index in [2.05, 4.69) is 0 Å². The molecule has 4 heteroatoms. The van der Waals surface area contributed by atoms with Crippen molar-refractivity contribution in [3.05, 3.63) is 71.0 Å². The topological polar surface area (TPSA) is 26.0 Å². The van der Waals surface area contributed by atoms with Crippen molar-refractivity contribution in [3.63, 3.8) is 0 Å². The minimum absolute atomic E-state index is 0.310. The maximum atomic E-state index is 13.3. The van der Waals surface area contributed by atoms with Gasteiger partial charge in [-0.1, -0.05) is 25.1 Å². The van der Waals surface area contributed by atoms with Gasteiger partial charge in [0.15, 0.2) is 11.6 Å². The van der Waals surface area contributed by atoms with Crippen molar-refractivity contribution in [1.29, 1.82) is 0 Å². The highest BCUT2D eigenvalue weighted by Crippen LogP contribution is 2.27. The van der Waals surface area contributed by atoms with Crippen LogP contribution in [0.15, 0.2) is 42.5 Å². The maximum Gasteiger partial charge on any atom is 0.159 e. The Bertz CT molecular complexity index is 612. The lowest BCUT2D eigenvalue weighted by molar-refractivity contribution is 0.419. The summed E-state index contributed by atoms with van der Waals surface area (Å²) in [5.41, 5.74) is 6.74. The Morgan fingerprint density at radius 3 is 2.35 bits per heavy atom. The average molecular weight is 279 g/mol. The number of halogens is 3. The van der Waals surface area contributed by atoms with Crippen molar-refractivity contribution in [2.45, 2.75) is 25.3 Å². The summed E-state index contributed by atoms with van der Waals surface area (Å²) in [7, 11) is 0. The van der Waals surface area contributed by atoms with Crippen LogP contribution in [0.3, 0.4) is 0 Å². The highest BCUT2D eigenvalue weighted by molar-refractivity contribution is 5.29. The molecule has 0 aliphatic rings. The lowest BCUT2D eigenvalue weighted by Gasteiger charge is -2.29. The lowest BCUT2D eigenvalue weighted by Crippen LogP contribution is -2.38. The smallest absolute Gasteiger partial charge is 0.159 e. The van der Waals surface area contributed by atoms with Crippen LogP contribution in [0.5, 0.6) is 0 Å². The molecule has 0 aliphatic heterocycles. The maximum absolute atomic E-state index is 13.3. The molecule has 0 amide bonds. The SMILES string of the molecule is CCC(N)(Cc1ccc(F)c(F)c1)c1cccc(F)c1. The van der Waals surface area contributed by atoms with Crippen LogP contribution in [0.2, 0.25) is 0 Å². The van der Waals surface area contributed by atoms with Crippen molar-refractivity contribution in [2.75, 3.05) is 0 Å². The summed E-state index contributed by atoms with van der Waals surface area (Å²) >= 11 is 0. The molecule has 0 aliphatic carbocycles. The molecule has 0 heterocycles. The molecule has 2 rings (SSSR count). The number of hydrogen-bond donors (Lipinski definition) is 1. The summed E-state index contributed by atoms with van der Waals surface area (Å²) in [4.78, 5) is 0. The van der Waals surface area contributed by atoms with Crippen molar-refractivity contribution in [1.82, 2.24) is 0 Å². The molecule has 2 aromatic rings. The number of hydrogen-bond acceptors (Lipinski definition) is 1. The van der Waals surface area contributed by atoms with Gasteiger partial charge in [0.2, 0.25) is 0 Å². The second-order valence-corrected chi connectivity index (χ2v) is 4.95. The molecule has 2 aromatic carbocycles. The van der Waals surface area contributed by atoms with Gasteiger partial charge >= 0.3 is 0 Å². The van der Waals surface area contributed by atoms with E-state index < -0.39 is 17.2 Å². The zero-order valence-electron chi connectivity index (χ0n) is 11.2. The van der Waals surface area contributed by atoms with Crippen LogP contribution in [0, 0.1) is 17.5 Å². The fourth-order valence-corrected chi connectivity index (χ4v) is 2.24. The van der Waals surface area contributed by atoms with E-state index in [-0.39, 0.29) is 5.82 Å². The first kappa shape index (κ1) is 14.6. The Labute approximate surface area is 116 Å². The van der Waals surface area contributed by atoms with Gasteiger partial charge in [-0.05, 0) is 48.2 Å². The van der Waals surface area contributed by atoms with Gasteiger partial charge in [0, 0.05) is 5.54 Å². The molecule has 0 radical (unpaired) electrons. The zero-order chi connectivity index (χ0) is 14.8. The lowest BCUT2D eigenvalue weighted by atomic mass is 9.82. The van der Waals surface area contributed by atoms with E-state index in [1.54, 1.807) is 12.1 Å². The molecule has 0 bridgehead atoms. The van der Waals surface area contributed by atoms with Gasteiger partial charge in [-0.2, -0.15) is 0 Å². The Morgan fingerprint density at radius 1 is 1.00 bits per heavy atom. The molecule has 1 nitrogen and oxygen atoms in total. The highest BCUT2D eigenvalue weighted by Gasteiger charge is 2.26. The van der Waals surface area contributed by atoms with Gasteiger partial charge in [-0.25, -0.2) is 13.2 Å². The van der Waals surface area contributed by atoms with Gasteiger partial charge in [0.1, 0.15) is 5.82 Å². The second kappa shape index (κ2) is 5.67. The Kier molecular flexibility index (Phi) is 4.14. The van der Waals surface area contributed by atoms with Crippen LogP contribution >= 0.6 is 0 Å². The van der Waals surface area contributed by atoms with Crippen LogP contribution in [0.4, 0.5) is 13.2 Å². The van der Waals surface area contributed by atoms with Crippen molar-refractivity contribution in [2.24, 2.45) is 5.73 Å². The normalized spacial score (nSPS) is 14.1. The number of nitrogens with two attached hydrogens (primary N) is 1. The molecule has 20 heavy (non-hydrogen) atoms.